The lowest BCUT2D eigenvalue weighted by atomic mass is 10.1. The van der Waals surface area contributed by atoms with E-state index in [1.165, 1.54) is 12.1 Å². The maximum Gasteiger partial charge on any atom is 0.240 e. The number of aromatic nitrogens is 2. The minimum absolute atomic E-state index is 0.00978. The molecule has 0 atom stereocenters. The fourth-order valence-corrected chi connectivity index (χ4v) is 4.24. The Labute approximate surface area is 207 Å². The van der Waals surface area contributed by atoms with Crippen LogP contribution in [-0.4, -0.2) is 56.4 Å². The van der Waals surface area contributed by atoms with Crippen molar-refractivity contribution in [3.8, 4) is 11.3 Å². The van der Waals surface area contributed by atoms with Gasteiger partial charge in [-0.3, -0.25) is 4.79 Å². The van der Waals surface area contributed by atoms with Gasteiger partial charge in [0, 0.05) is 42.6 Å². The van der Waals surface area contributed by atoms with E-state index in [9.17, 15) is 13.2 Å². The van der Waals surface area contributed by atoms with Gasteiger partial charge in [-0.1, -0.05) is 26.0 Å². The van der Waals surface area contributed by atoms with E-state index in [0.29, 0.717) is 42.8 Å². The molecule has 0 aliphatic carbocycles. The molecular formula is C25H32N6O3S. The molecular weight excluding hydrogens is 464 g/mol. The summed E-state index contributed by atoms with van der Waals surface area (Å²) in [5.74, 6) is 0.674. The molecule has 0 aliphatic heterocycles. The van der Waals surface area contributed by atoms with Crippen molar-refractivity contribution in [1.29, 1.82) is 0 Å². The number of sulfonamides is 1. The molecule has 1 heterocycles. The number of anilines is 3. The van der Waals surface area contributed by atoms with Crippen molar-refractivity contribution in [2.75, 3.05) is 37.8 Å². The summed E-state index contributed by atoms with van der Waals surface area (Å²) in [4.78, 5) is 22.9. The second-order valence-corrected chi connectivity index (χ2v) is 10.6. The SMILES string of the molecule is CC(C)CC(=O)Nc1ccc(-c2ccnc(Nc3ccc(S(=O)(=O)NCCN(C)C)cc3)n2)cc1. The molecule has 3 N–H and O–H groups in total. The summed E-state index contributed by atoms with van der Waals surface area (Å²) in [5.41, 5.74) is 2.99. The van der Waals surface area contributed by atoms with Gasteiger partial charge in [0.05, 0.1) is 10.6 Å². The van der Waals surface area contributed by atoms with E-state index in [4.69, 9.17) is 0 Å². The normalized spacial score (nSPS) is 11.6. The Balaban J connectivity index is 1.65. The first-order chi connectivity index (χ1) is 16.6. The molecule has 9 nitrogen and oxygen atoms in total. The maximum atomic E-state index is 12.4. The minimum atomic E-state index is -3.57. The van der Waals surface area contributed by atoms with Gasteiger partial charge in [-0.05, 0) is 62.5 Å². The average Bonchev–Trinajstić information content (AvgIpc) is 2.79. The molecule has 1 aromatic heterocycles. The van der Waals surface area contributed by atoms with Gasteiger partial charge in [-0.15, -0.1) is 0 Å². The van der Waals surface area contributed by atoms with E-state index in [1.54, 1.807) is 24.4 Å². The van der Waals surface area contributed by atoms with E-state index < -0.39 is 10.0 Å². The van der Waals surface area contributed by atoms with E-state index >= 15 is 0 Å². The second kappa shape index (κ2) is 11.9. The lowest BCUT2D eigenvalue weighted by molar-refractivity contribution is -0.116. The molecule has 0 saturated carbocycles. The predicted octanol–water partition coefficient (Wildman–Crippen LogP) is 3.71. The van der Waals surface area contributed by atoms with Crippen LogP contribution in [0.2, 0.25) is 0 Å². The van der Waals surface area contributed by atoms with E-state index in [2.05, 4.69) is 25.3 Å². The zero-order chi connectivity index (χ0) is 25.4. The first-order valence-corrected chi connectivity index (χ1v) is 12.9. The Morgan fingerprint density at radius 1 is 0.971 bits per heavy atom. The quantitative estimate of drug-likeness (QED) is 0.370. The van der Waals surface area contributed by atoms with Gasteiger partial charge in [0.25, 0.3) is 0 Å². The molecule has 0 radical (unpaired) electrons. The molecule has 186 valence electrons. The highest BCUT2D eigenvalue weighted by Gasteiger charge is 2.13. The highest BCUT2D eigenvalue weighted by atomic mass is 32.2. The number of hydrogen-bond donors (Lipinski definition) is 3. The van der Waals surface area contributed by atoms with E-state index in [1.807, 2.05) is 57.1 Å². The zero-order valence-corrected chi connectivity index (χ0v) is 21.3. The van der Waals surface area contributed by atoms with Crippen molar-refractivity contribution in [3.63, 3.8) is 0 Å². The molecule has 1 amide bonds. The Morgan fingerprint density at radius 2 is 1.63 bits per heavy atom. The summed E-state index contributed by atoms with van der Waals surface area (Å²) in [6, 6.07) is 15.7. The molecule has 0 fully saturated rings. The highest BCUT2D eigenvalue weighted by Crippen LogP contribution is 2.22. The number of nitrogens with one attached hydrogen (secondary N) is 3. The highest BCUT2D eigenvalue weighted by molar-refractivity contribution is 7.89. The van der Waals surface area contributed by atoms with Crippen LogP contribution in [0.5, 0.6) is 0 Å². The monoisotopic (exact) mass is 496 g/mol. The van der Waals surface area contributed by atoms with Crippen LogP contribution in [0.25, 0.3) is 11.3 Å². The largest absolute Gasteiger partial charge is 0.326 e. The van der Waals surface area contributed by atoms with Crippen molar-refractivity contribution in [3.05, 3.63) is 60.8 Å². The van der Waals surface area contributed by atoms with Gasteiger partial charge in [-0.25, -0.2) is 23.1 Å². The molecule has 10 heteroatoms. The van der Waals surface area contributed by atoms with Crippen molar-refractivity contribution in [2.45, 2.75) is 25.2 Å². The number of nitrogens with zero attached hydrogens (tertiary/aromatic N) is 3. The zero-order valence-electron chi connectivity index (χ0n) is 20.4. The minimum Gasteiger partial charge on any atom is -0.326 e. The van der Waals surface area contributed by atoms with Crippen LogP contribution in [0.1, 0.15) is 20.3 Å². The van der Waals surface area contributed by atoms with Gasteiger partial charge in [0.15, 0.2) is 0 Å². The lowest BCUT2D eigenvalue weighted by Gasteiger charge is -2.11. The van der Waals surface area contributed by atoms with Gasteiger partial charge >= 0.3 is 0 Å². The van der Waals surface area contributed by atoms with Crippen LogP contribution in [0.3, 0.4) is 0 Å². The molecule has 0 unspecified atom stereocenters. The van der Waals surface area contributed by atoms with Crippen LogP contribution < -0.4 is 15.4 Å². The summed E-state index contributed by atoms with van der Waals surface area (Å²) in [7, 11) is 0.201. The fourth-order valence-electron chi connectivity index (χ4n) is 3.22. The lowest BCUT2D eigenvalue weighted by Crippen LogP contribution is -2.31. The van der Waals surface area contributed by atoms with Crippen molar-refractivity contribution < 1.29 is 13.2 Å². The van der Waals surface area contributed by atoms with Crippen LogP contribution in [0.15, 0.2) is 65.7 Å². The van der Waals surface area contributed by atoms with Crippen LogP contribution in [0, 0.1) is 5.92 Å². The van der Waals surface area contributed by atoms with Gasteiger partial charge in [0.2, 0.25) is 21.9 Å². The first-order valence-electron chi connectivity index (χ1n) is 11.4. The van der Waals surface area contributed by atoms with Crippen molar-refractivity contribution >= 4 is 33.3 Å². The summed E-state index contributed by atoms with van der Waals surface area (Å²) < 4.78 is 27.4. The van der Waals surface area contributed by atoms with E-state index in [-0.39, 0.29) is 10.8 Å². The van der Waals surface area contributed by atoms with Crippen LogP contribution in [-0.2, 0) is 14.8 Å². The van der Waals surface area contributed by atoms with Gasteiger partial charge < -0.3 is 15.5 Å². The summed E-state index contributed by atoms with van der Waals surface area (Å²) >= 11 is 0. The average molecular weight is 497 g/mol. The van der Waals surface area contributed by atoms with Crippen molar-refractivity contribution in [1.82, 2.24) is 19.6 Å². The third-order valence-corrected chi connectivity index (χ3v) is 6.46. The Kier molecular flexibility index (Phi) is 8.91. The van der Waals surface area contributed by atoms with Crippen LogP contribution in [0.4, 0.5) is 17.3 Å². The summed E-state index contributed by atoms with van der Waals surface area (Å²) in [5, 5.41) is 6.00. The fraction of sp³-hybridized carbons (Fsp3) is 0.320. The second-order valence-electron chi connectivity index (χ2n) is 8.84. The molecule has 0 aliphatic rings. The third kappa shape index (κ3) is 8.13. The number of benzene rings is 2. The predicted molar refractivity (Wildman–Crippen MR) is 139 cm³/mol. The Bertz CT molecular complexity index is 1230. The van der Waals surface area contributed by atoms with Gasteiger partial charge in [0.1, 0.15) is 0 Å². The van der Waals surface area contributed by atoms with E-state index in [0.717, 1.165) is 11.3 Å². The molecule has 2 aromatic carbocycles. The maximum absolute atomic E-state index is 12.4. The molecule has 0 saturated heterocycles. The van der Waals surface area contributed by atoms with Crippen LogP contribution >= 0.6 is 0 Å². The van der Waals surface area contributed by atoms with Crippen molar-refractivity contribution in [2.24, 2.45) is 5.92 Å². The molecule has 3 aromatic rings. The van der Waals surface area contributed by atoms with Gasteiger partial charge in [-0.2, -0.15) is 0 Å². The Hall–Kier alpha value is -3.34. The Morgan fingerprint density at radius 3 is 2.26 bits per heavy atom. The number of rotatable bonds is 11. The summed E-state index contributed by atoms with van der Waals surface area (Å²) in [6.45, 7) is 4.96. The molecule has 35 heavy (non-hydrogen) atoms. The molecule has 3 rings (SSSR count). The first kappa shape index (κ1) is 26.3. The number of likely N-dealkylation sites (N-methyl/N-ethyl adjacent to an activating group) is 1. The standard InChI is InChI=1S/C25H32N6O3S/c1-18(2)17-24(32)28-20-7-5-19(6-8-20)23-13-14-26-25(30-23)29-21-9-11-22(12-10-21)35(33,34)27-15-16-31(3)4/h5-14,18,27H,15-17H2,1-4H3,(H,28,32)(H,26,29,30). The number of hydrogen-bond acceptors (Lipinski definition) is 7. The summed E-state index contributed by atoms with van der Waals surface area (Å²) in [6.07, 6.45) is 2.12. The third-order valence-electron chi connectivity index (χ3n) is 4.99. The molecule has 0 spiro atoms. The smallest absolute Gasteiger partial charge is 0.240 e. The topological polar surface area (TPSA) is 116 Å². The number of carbonyl (C=O) groups excluding carboxylic acids is 1. The number of carbonyl (C=O) groups is 1. The number of amides is 1. The molecule has 0 bridgehead atoms.